The maximum Gasteiger partial charge on any atom is 0.326 e. The van der Waals surface area contributed by atoms with Crippen LogP contribution in [0.25, 0.3) is 10.9 Å². The van der Waals surface area contributed by atoms with E-state index >= 15 is 0 Å². The SMILES string of the molecule is CCOC(=O)C(N)(CC)Cc1c[nH]c2c(F)cc(F)cc12. The molecule has 0 aliphatic carbocycles. The number of fused-ring (bicyclic) bond motifs is 1. The van der Waals surface area contributed by atoms with Crippen molar-refractivity contribution < 1.29 is 18.3 Å². The Morgan fingerprint density at radius 1 is 1.38 bits per heavy atom. The zero-order valence-electron chi connectivity index (χ0n) is 12.0. The smallest absolute Gasteiger partial charge is 0.326 e. The third-order valence-corrected chi connectivity index (χ3v) is 3.61. The van der Waals surface area contributed by atoms with Gasteiger partial charge in [-0.15, -0.1) is 0 Å². The molecule has 1 atom stereocenters. The standard InChI is InChI=1S/C15H18F2N2O2/c1-3-15(18,14(20)21-4-2)7-9-8-19-13-11(9)5-10(16)6-12(13)17/h5-6,8,19H,3-4,7,18H2,1-2H3. The summed E-state index contributed by atoms with van der Waals surface area (Å²) < 4.78 is 32.0. The number of benzene rings is 1. The maximum absolute atomic E-state index is 13.7. The zero-order chi connectivity index (χ0) is 15.6. The van der Waals surface area contributed by atoms with Crippen molar-refractivity contribution >= 4 is 16.9 Å². The minimum absolute atomic E-state index is 0.144. The molecule has 0 saturated carbocycles. The lowest BCUT2D eigenvalue weighted by Crippen LogP contribution is -2.50. The fourth-order valence-electron chi connectivity index (χ4n) is 2.31. The number of rotatable bonds is 5. The molecule has 4 nitrogen and oxygen atoms in total. The van der Waals surface area contributed by atoms with E-state index in [1.807, 2.05) is 0 Å². The van der Waals surface area contributed by atoms with Crippen LogP contribution in [0.4, 0.5) is 8.78 Å². The van der Waals surface area contributed by atoms with Crippen LogP contribution in [-0.4, -0.2) is 23.1 Å². The molecule has 2 rings (SSSR count). The number of carbonyl (C=O) groups is 1. The molecule has 114 valence electrons. The molecule has 1 aromatic heterocycles. The van der Waals surface area contributed by atoms with Crippen LogP contribution in [0.5, 0.6) is 0 Å². The van der Waals surface area contributed by atoms with Crippen LogP contribution in [0.1, 0.15) is 25.8 Å². The number of aromatic nitrogens is 1. The van der Waals surface area contributed by atoms with E-state index in [-0.39, 0.29) is 18.5 Å². The van der Waals surface area contributed by atoms with Crippen LogP contribution in [0.3, 0.4) is 0 Å². The van der Waals surface area contributed by atoms with Crippen molar-refractivity contribution in [1.29, 1.82) is 0 Å². The topological polar surface area (TPSA) is 68.1 Å². The second-order valence-electron chi connectivity index (χ2n) is 5.03. The van der Waals surface area contributed by atoms with Crippen molar-refractivity contribution in [3.8, 4) is 0 Å². The molecule has 21 heavy (non-hydrogen) atoms. The van der Waals surface area contributed by atoms with Crippen LogP contribution in [-0.2, 0) is 16.0 Å². The van der Waals surface area contributed by atoms with Gasteiger partial charge in [-0.3, -0.25) is 4.79 Å². The van der Waals surface area contributed by atoms with Gasteiger partial charge in [-0.05, 0) is 25.0 Å². The summed E-state index contributed by atoms with van der Waals surface area (Å²) in [6.45, 7) is 3.70. The Bertz CT molecular complexity index is 669. The molecule has 0 aliphatic heterocycles. The molecule has 0 amide bonds. The highest BCUT2D eigenvalue weighted by molar-refractivity contribution is 5.86. The minimum Gasteiger partial charge on any atom is -0.465 e. The van der Waals surface area contributed by atoms with Crippen LogP contribution >= 0.6 is 0 Å². The van der Waals surface area contributed by atoms with Crippen LogP contribution in [0.2, 0.25) is 0 Å². The average molecular weight is 296 g/mol. The molecule has 0 spiro atoms. The summed E-state index contributed by atoms with van der Waals surface area (Å²) in [5, 5.41) is 0.389. The van der Waals surface area contributed by atoms with Crippen molar-refractivity contribution in [2.24, 2.45) is 5.73 Å². The van der Waals surface area contributed by atoms with Crippen molar-refractivity contribution in [3.63, 3.8) is 0 Å². The van der Waals surface area contributed by atoms with Gasteiger partial charge in [0.1, 0.15) is 17.2 Å². The first kappa shape index (κ1) is 15.4. The lowest BCUT2D eigenvalue weighted by atomic mass is 9.89. The van der Waals surface area contributed by atoms with Gasteiger partial charge in [0, 0.05) is 24.1 Å². The third kappa shape index (κ3) is 2.90. The number of halogens is 2. The molecule has 0 radical (unpaired) electrons. The maximum atomic E-state index is 13.7. The number of H-pyrrole nitrogens is 1. The normalized spacial score (nSPS) is 14.1. The second kappa shape index (κ2) is 5.81. The number of carbonyl (C=O) groups excluding carboxylic acids is 1. The van der Waals surface area contributed by atoms with E-state index in [2.05, 4.69) is 4.98 Å². The Morgan fingerprint density at radius 3 is 2.71 bits per heavy atom. The van der Waals surface area contributed by atoms with Gasteiger partial charge in [-0.25, -0.2) is 8.78 Å². The number of hydrogen-bond donors (Lipinski definition) is 2. The fraction of sp³-hybridized carbons (Fsp3) is 0.400. The Balaban J connectivity index is 2.40. The van der Waals surface area contributed by atoms with Gasteiger partial charge in [0.05, 0.1) is 12.1 Å². The Kier molecular flexibility index (Phi) is 4.27. The molecule has 1 heterocycles. The molecule has 6 heteroatoms. The highest BCUT2D eigenvalue weighted by Crippen LogP contribution is 2.26. The molecule has 0 bridgehead atoms. The first-order chi connectivity index (χ1) is 9.91. The predicted molar refractivity (Wildman–Crippen MR) is 75.8 cm³/mol. The van der Waals surface area contributed by atoms with Gasteiger partial charge in [0.15, 0.2) is 0 Å². The molecular formula is C15H18F2N2O2. The number of nitrogens with one attached hydrogen (secondary N) is 1. The van der Waals surface area contributed by atoms with Crippen molar-refractivity contribution in [2.75, 3.05) is 6.61 Å². The van der Waals surface area contributed by atoms with E-state index in [0.29, 0.717) is 17.4 Å². The van der Waals surface area contributed by atoms with E-state index in [9.17, 15) is 13.6 Å². The molecule has 2 aromatic rings. The summed E-state index contributed by atoms with van der Waals surface area (Å²) in [6, 6.07) is 2.04. The van der Waals surface area contributed by atoms with E-state index in [1.165, 1.54) is 6.07 Å². The largest absolute Gasteiger partial charge is 0.465 e. The first-order valence-corrected chi connectivity index (χ1v) is 6.82. The average Bonchev–Trinajstić information content (AvgIpc) is 2.82. The zero-order valence-corrected chi connectivity index (χ0v) is 12.0. The van der Waals surface area contributed by atoms with Gasteiger partial charge in [-0.2, -0.15) is 0 Å². The number of ether oxygens (including phenoxy) is 1. The highest BCUT2D eigenvalue weighted by Gasteiger charge is 2.34. The van der Waals surface area contributed by atoms with Crippen molar-refractivity contribution in [1.82, 2.24) is 4.98 Å². The van der Waals surface area contributed by atoms with Crippen LogP contribution < -0.4 is 5.73 Å². The molecule has 1 aromatic carbocycles. The van der Waals surface area contributed by atoms with E-state index in [1.54, 1.807) is 20.0 Å². The third-order valence-electron chi connectivity index (χ3n) is 3.61. The Morgan fingerprint density at radius 2 is 2.10 bits per heavy atom. The van der Waals surface area contributed by atoms with E-state index < -0.39 is 23.1 Å². The van der Waals surface area contributed by atoms with Gasteiger partial charge < -0.3 is 15.5 Å². The van der Waals surface area contributed by atoms with Gasteiger partial charge in [-0.1, -0.05) is 6.92 Å². The summed E-state index contributed by atoms with van der Waals surface area (Å²) in [5.41, 5.74) is 5.68. The molecule has 0 saturated heterocycles. The summed E-state index contributed by atoms with van der Waals surface area (Å²) in [6.07, 6.45) is 2.05. The lowest BCUT2D eigenvalue weighted by Gasteiger charge is -2.25. The molecular weight excluding hydrogens is 278 g/mol. The summed E-state index contributed by atoms with van der Waals surface area (Å²) in [4.78, 5) is 14.7. The Hall–Kier alpha value is -1.95. The minimum atomic E-state index is -1.21. The fourth-order valence-corrected chi connectivity index (χ4v) is 2.31. The summed E-state index contributed by atoms with van der Waals surface area (Å²) >= 11 is 0. The predicted octanol–water partition coefficient (Wildman–Crippen LogP) is 2.66. The number of hydrogen-bond acceptors (Lipinski definition) is 3. The molecule has 0 fully saturated rings. The highest BCUT2D eigenvalue weighted by atomic mass is 19.1. The Labute approximate surface area is 121 Å². The van der Waals surface area contributed by atoms with Gasteiger partial charge in [0.25, 0.3) is 0 Å². The first-order valence-electron chi connectivity index (χ1n) is 6.82. The number of esters is 1. The van der Waals surface area contributed by atoms with E-state index in [0.717, 1.165) is 6.07 Å². The van der Waals surface area contributed by atoms with Crippen LogP contribution in [0.15, 0.2) is 18.3 Å². The number of nitrogens with two attached hydrogens (primary N) is 1. The van der Waals surface area contributed by atoms with Crippen LogP contribution in [0, 0.1) is 11.6 Å². The summed E-state index contributed by atoms with van der Waals surface area (Å²) in [7, 11) is 0. The van der Waals surface area contributed by atoms with Crippen molar-refractivity contribution in [2.45, 2.75) is 32.2 Å². The second-order valence-corrected chi connectivity index (χ2v) is 5.03. The van der Waals surface area contributed by atoms with Crippen molar-refractivity contribution in [3.05, 3.63) is 35.5 Å². The lowest BCUT2D eigenvalue weighted by molar-refractivity contribution is -0.149. The molecule has 1 unspecified atom stereocenters. The summed E-state index contributed by atoms with van der Waals surface area (Å²) in [5.74, 6) is -1.86. The van der Waals surface area contributed by atoms with Gasteiger partial charge >= 0.3 is 5.97 Å². The molecule has 3 N–H and O–H groups in total. The monoisotopic (exact) mass is 296 g/mol. The van der Waals surface area contributed by atoms with E-state index in [4.69, 9.17) is 10.5 Å². The van der Waals surface area contributed by atoms with Gasteiger partial charge in [0.2, 0.25) is 0 Å². The quantitative estimate of drug-likeness (QED) is 0.833. The number of aromatic amines is 1. The molecule has 0 aliphatic rings.